The van der Waals surface area contributed by atoms with E-state index >= 15 is 0 Å². The smallest absolute Gasteiger partial charge is 0.338 e. The Bertz CT molecular complexity index is 651. The predicted octanol–water partition coefficient (Wildman–Crippen LogP) is 4.61. The SMILES string of the molecule is CCCCOCCOC(=O)c1cc(C(=O)OCCOCCCC)cc(C(=O)OCCOCCCC)c1. The van der Waals surface area contributed by atoms with Crippen LogP contribution in [0.2, 0.25) is 0 Å². The molecule has 9 heteroatoms. The Morgan fingerprint density at radius 3 is 1.00 bits per heavy atom. The number of carbonyl (C=O) groups is 3. The van der Waals surface area contributed by atoms with Crippen LogP contribution in [0.4, 0.5) is 0 Å². The molecule has 0 fully saturated rings. The van der Waals surface area contributed by atoms with Crippen LogP contribution in [-0.4, -0.2) is 77.4 Å². The predicted molar refractivity (Wildman–Crippen MR) is 134 cm³/mol. The molecule has 0 spiro atoms. The fraction of sp³-hybridized carbons (Fsp3) is 0.667. The largest absolute Gasteiger partial charge is 0.460 e. The monoisotopic (exact) mass is 510 g/mol. The van der Waals surface area contributed by atoms with Gasteiger partial charge in [-0.05, 0) is 37.5 Å². The van der Waals surface area contributed by atoms with Gasteiger partial charge >= 0.3 is 17.9 Å². The highest BCUT2D eigenvalue weighted by atomic mass is 16.6. The zero-order chi connectivity index (χ0) is 26.4. The molecule has 1 rings (SSSR count). The molecule has 1 aromatic carbocycles. The quantitative estimate of drug-likeness (QED) is 0.133. The second kappa shape index (κ2) is 20.7. The third-order valence-electron chi connectivity index (χ3n) is 4.95. The highest BCUT2D eigenvalue weighted by Gasteiger charge is 2.19. The molecule has 0 aliphatic heterocycles. The van der Waals surface area contributed by atoms with Crippen molar-refractivity contribution in [1.82, 2.24) is 0 Å². The van der Waals surface area contributed by atoms with Crippen LogP contribution >= 0.6 is 0 Å². The molecule has 0 heterocycles. The first-order chi connectivity index (χ1) is 17.5. The van der Waals surface area contributed by atoms with Gasteiger partial charge in [0.1, 0.15) is 19.8 Å². The number of hydrogen-bond donors (Lipinski definition) is 0. The Morgan fingerprint density at radius 2 is 0.750 bits per heavy atom. The first-order valence-electron chi connectivity index (χ1n) is 12.9. The van der Waals surface area contributed by atoms with Crippen molar-refractivity contribution in [2.75, 3.05) is 59.5 Å². The average molecular weight is 511 g/mol. The van der Waals surface area contributed by atoms with Gasteiger partial charge in [-0.25, -0.2) is 14.4 Å². The van der Waals surface area contributed by atoms with Crippen LogP contribution in [0, 0.1) is 0 Å². The van der Waals surface area contributed by atoms with Crippen molar-refractivity contribution in [2.45, 2.75) is 59.3 Å². The topological polar surface area (TPSA) is 107 Å². The molecule has 0 radical (unpaired) electrons. The van der Waals surface area contributed by atoms with E-state index in [0.717, 1.165) is 38.5 Å². The van der Waals surface area contributed by atoms with E-state index in [9.17, 15) is 14.4 Å². The maximum absolute atomic E-state index is 12.6. The van der Waals surface area contributed by atoms with E-state index in [1.54, 1.807) is 0 Å². The number of hydrogen-bond acceptors (Lipinski definition) is 9. The maximum Gasteiger partial charge on any atom is 0.338 e. The van der Waals surface area contributed by atoms with Crippen molar-refractivity contribution in [3.05, 3.63) is 34.9 Å². The fourth-order valence-electron chi connectivity index (χ4n) is 2.86. The van der Waals surface area contributed by atoms with Gasteiger partial charge in [-0.15, -0.1) is 0 Å². The summed E-state index contributed by atoms with van der Waals surface area (Å²) in [6.07, 6.45) is 5.82. The third kappa shape index (κ3) is 14.2. The first kappa shape index (κ1) is 31.5. The highest BCUT2D eigenvalue weighted by molar-refractivity contribution is 6.00. The van der Waals surface area contributed by atoms with E-state index in [4.69, 9.17) is 28.4 Å². The lowest BCUT2D eigenvalue weighted by Crippen LogP contribution is -2.17. The molecular formula is C27H42O9. The minimum absolute atomic E-state index is 0.0448. The highest BCUT2D eigenvalue weighted by Crippen LogP contribution is 2.15. The van der Waals surface area contributed by atoms with E-state index < -0.39 is 17.9 Å². The molecule has 9 nitrogen and oxygen atoms in total. The summed E-state index contributed by atoms with van der Waals surface area (Å²) in [5, 5.41) is 0. The molecule has 0 N–H and O–H groups in total. The van der Waals surface area contributed by atoms with Gasteiger partial charge < -0.3 is 28.4 Å². The number of benzene rings is 1. The molecule has 0 amide bonds. The molecule has 0 aliphatic carbocycles. The summed E-state index contributed by atoms with van der Waals surface area (Å²) in [4.78, 5) is 37.7. The lowest BCUT2D eigenvalue weighted by molar-refractivity contribution is 0.0306. The second-order valence-corrected chi connectivity index (χ2v) is 8.10. The van der Waals surface area contributed by atoms with Gasteiger partial charge in [0.15, 0.2) is 0 Å². The Balaban J connectivity index is 2.78. The Hall–Kier alpha value is -2.49. The summed E-state index contributed by atoms with van der Waals surface area (Å²) in [6.45, 7) is 8.91. The summed E-state index contributed by atoms with van der Waals surface area (Å²) in [5.74, 6) is -2.03. The van der Waals surface area contributed by atoms with Crippen LogP contribution in [0.3, 0.4) is 0 Å². The lowest BCUT2D eigenvalue weighted by atomic mass is 10.1. The number of carbonyl (C=O) groups excluding carboxylic acids is 3. The van der Waals surface area contributed by atoms with Crippen LogP contribution < -0.4 is 0 Å². The Kier molecular flexibility index (Phi) is 18.1. The summed E-state index contributed by atoms with van der Waals surface area (Å²) < 4.78 is 31.9. The van der Waals surface area contributed by atoms with Crippen molar-refractivity contribution >= 4 is 17.9 Å². The van der Waals surface area contributed by atoms with Gasteiger partial charge in [0.2, 0.25) is 0 Å². The van der Waals surface area contributed by atoms with E-state index in [1.165, 1.54) is 18.2 Å². The third-order valence-corrected chi connectivity index (χ3v) is 4.95. The summed E-state index contributed by atoms with van der Waals surface area (Å²) >= 11 is 0. The molecular weight excluding hydrogens is 468 g/mol. The Morgan fingerprint density at radius 1 is 0.472 bits per heavy atom. The molecule has 0 aliphatic rings. The van der Waals surface area contributed by atoms with E-state index in [1.807, 2.05) is 0 Å². The van der Waals surface area contributed by atoms with Crippen LogP contribution in [0.25, 0.3) is 0 Å². The Labute approximate surface area is 214 Å². The van der Waals surface area contributed by atoms with E-state index in [2.05, 4.69) is 20.8 Å². The minimum atomic E-state index is -0.677. The van der Waals surface area contributed by atoms with Gasteiger partial charge in [0.25, 0.3) is 0 Å². The lowest BCUT2D eigenvalue weighted by Gasteiger charge is -2.11. The average Bonchev–Trinajstić information content (AvgIpc) is 2.89. The van der Waals surface area contributed by atoms with Gasteiger partial charge in [-0.1, -0.05) is 40.0 Å². The molecule has 0 bridgehead atoms. The van der Waals surface area contributed by atoms with Crippen LogP contribution in [0.5, 0.6) is 0 Å². The summed E-state index contributed by atoms with van der Waals surface area (Å²) in [7, 11) is 0. The molecule has 0 aromatic heterocycles. The van der Waals surface area contributed by atoms with Crippen molar-refractivity contribution in [3.8, 4) is 0 Å². The van der Waals surface area contributed by atoms with Gasteiger partial charge in [-0.2, -0.15) is 0 Å². The minimum Gasteiger partial charge on any atom is -0.460 e. The molecule has 1 aromatic rings. The van der Waals surface area contributed by atoms with Gasteiger partial charge in [-0.3, -0.25) is 0 Å². The number of esters is 3. The standard InChI is InChI=1S/C27H42O9/c1-4-7-10-31-13-16-34-25(28)22-19-23(26(29)35-17-14-32-11-8-5-2)21-24(20-22)27(30)36-18-15-33-12-9-6-3/h19-21H,4-18H2,1-3H3. The molecule has 0 saturated carbocycles. The number of unbranched alkanes of at least 4 members (excludes halogenated alkanes) is 3. The molecule has 0 atom stereocenters. The normalized spacial score (nSPS) is 10.8. The zero-order valence-electron chi connectivity index (χ0n) is 22.0. The summed E-state index contributed by atoms with van der Waals surface area (Å²) in [6, 6.07) is 4.02. The van der Waals surface area contributed by atoms with Crippen molar-refractivity contribution in [1.29, 1.82) is 0 Å². The number of ether oxygens (including phenoxy) is 6. The molecule has 204 valence electrons. The van der Waals surface area contributed by atoms with Crippen LogP contribution in [0.1, 0.15) is 90.4 Å². The molecule has 0 unspecified atom stereocenters. The molecule has 0 saturated heterocycles. The van der Waals surface area contributed by atoms with Crippen molar-refractivity contribution in [3.63, 3.8) is 0 Å². The zero-order valence-corrected chi connectivity index (χ0v) is 22.0. The van der Waals surface area contributed by atoms with Crippen LogP contribution in [0.15, 0.2) is 18.2 Å². The molecule has 36 heavy (non-hydrogen) atoms. The van der Waals surface area contributed by atoms with E-state index in [-0.39, 0.29) is 56.3 Å². The summed E-state index contributed by atoms with van der Waals surface area (Å²) in [5.41, 5.74) is 0.134. The maximum atomic E-state index is 12.6. The van der Waals surface area contributed by atoms with Crippen molar-refractivity contribution in [2.24, 2.45) is 0 Å². The van der Waals surface area contributed by atoms with Gasteiger partial charge in [0.05, 0.1) is 36.5 Å². The van der Waals surface area contributed by atoms with E-state index in [0.29, 0.717) is 19.8 Å². The van der Waals surface area contributed by atoms with Gasteiger partial charge in [0, 0.05) is 19.8 Å². The second-order valence-electron chi connectivity index (χ2n) is 8.10. The fourth-order valence-corrected chi connectivity index (χ4v) is 2.86. The van der Waals surface area contributed by atoms with Crippen molar-refractivity contribution < 1.29 is 42.8 Å². The number of rotatable bonds is 21. The first-order valence-corrected chi connectivity index (χ1v) is 12.9. The van der Waals surface area contributed by atoms with Crippen LogP contribution in [-0.2, 0) is 28.4 Å².